The highest BCUT2D eigenvalue weighted by molar-refractivity contribution is 7.07. The Bertz CT molecular complexity index is 1440. The Balaban J connectivity index is 1.15. The molecule has 3 amide bonds. The fraction of sp³-hybridized carbons (Fsp3) is 0.400. The van der Waals surface area contributed by atoms with Gasteiger partial charge in [-0.15, -0.1) is 0 Å². The number of urea groups is 1. The number of nitrogens with zero attached hydrogens (tertiary/aromatic N) is 4. The normalized spacial score (nSPS) is 15.1. The van der Waals surface area contributed by atoms with E-state index in [1.165, 1.54) is 0 Å². The van der Waals surface area contributed by atoms with Crippen molar-refractivity contribution in [2.45, 2.75) is 58.7 Å². The van der Waals surface area contributed by atoms with E-state index in [2.05, 4.69) is 48.9 Å². The number of para-hydroxylation sites is 2. The van der Waals surface area contributed by atoms with Crippen molar-refractivity contribution in [3.05, 3.63) is 74.7 Å². The first-order chi connectivity index (χ1) is 19.8. The van der Waals surface area contributed by atoms with Crippen LogP contribution in [0.15, 0.2) is 47.2 Å². The molecule has 11 heteroatoms. The summed E-state index contributed by atoms with van der Waals surface area (Å²) in [5, 5.41) is 10.6. The number of thiophene rings is 1. The Morgan fingerprint density at radius 2 is 1.98 bits per heavy atom. The third kappa shape index (κ3) is 7.06. The summed E-state index contributed by atoms with van der Waals surface area (Å²) in [7, 11) is 0. The average molecular weight is 594 g/mol. The molecule has 0 bridgehead atoms. The molecule has 4 aromatic rings. The number of amides is 3. The summed E-state index contributed by atoms with van der Waals surface area (Å²) in [5.41, 5.74) is 4.89. The number of halogens is 1. The van der Waals surface area contributed by atoms with Crippen LogP contribution < -0.4 is 10.6 Å². The summed E-state index contributed by atoms with van der Waals surface area (Å²) < 4.78 is 0. The molecule has 0 radical (unpaired) electrons. The van der Waals surface area contributed by atoms with Crippen LogP contribution in [0.1, 0.15) is 53.4 Å². The van der Waals surface area contributed by atoms with E-state index < -0.39 is 0 Å². The van der Waals surface area contributed by atoms with Gasteiger partial charge in [-0.25, -0.2) is 14.8 Å². The number of nitrogens with one attached hydrogen (secondary N) is 3. The van der Waals surface area contributed by atoms with Gasteiger partial charge in [0.2, 0.25) is 5.95 Å². The van der Waals surface area contributed by atoms with Crippen LogP contribution in [0, 0.1) is 13.8 Å². The van der Waals surface area contributed by atoms with Gasteiger partial charge in [0.25, 0.3) is 5.91 Å². The molecule has 1 aromatic carbocycles. The molecular weight excluding hydrogens is 558 g/mol. The number of carbonyl (C=O) groups excluding carboxylic acids is 2. The number of pyridine rings is 1. The molecule has 216 valence electrons. The maximum absolute atomic E-state index is 13.5. The molecule has 0 spiro atoms. The summed E-state index contributed by atoms with van der Waals surface area (Å²) in [6, 6.07) is 11.8. The third-order valence-electron chi connectivity index (χ3n) is 7.81. The Labute approximate surface area is 249 Å². The van der Waals surface area contributed by atoms with Gasteiger partial charge in [-0.3, -0.25) is 10.1 Å². The molecule has 1 aliphatic heterocycles. The fourth-order valence-corrected chi connectivity index (χ4v) is 6.51. The minimum Gasteiger partial charge on any atom is -0.352 e. The molecule has 1 atom stereocenters. The van der Waals surface area contributed by atoms with Crippen molar-refractivity contribution in [2.75, 3.05) is 25.0 Å². The molecule has 3 N–H and O–H groups in total. The summed E-state index contributed by atoms with van der Waals surface area (Å²) in [5.74, 6) is 0.342. The molecule has 1 aliphatic rings. The van der Waals surface area contributed by atoms with Crippen molar-refractivity contribution in [3.63, 3.8) is 0 Å². The van der Waals surface area contributed by atoms with E-state index in [4.69, 9.17) is 11.6 Å². The van der Waals surface area contributed by atoms with Crippen LogP contribution in [0.2, 0.25) is 5.15 Å². The number of likely N-dealkylation sites (tertiary alicyclic amines) is 1. The van der Waals surface area contributed by atoms with Crippen molar-refractivity contribution in [3.8, 4) is 0 Å². The van der Waals surface area contributed by atoms with Gasteiger partial charge in [0.15, 0.2) is 0 Å². The maximum atomic E-state index is 13.5. The SMILES string of the molecule is Cc1cc(Cl)nc(C)c1C(=O)NCCC(C)N1CCC(N(Cc2ccsc2)C(=O)Nc2nc3ccccc3[nH]2)CC1. The number of aromatic nitrogens is 3. The smallest absolute Gasteiger partial charge is 0.324 e. The fourth-order valence-electron chi connectivity index (χ4n) is 5.56. The van der Waals surface area contributed by atoms with E-state index in [1.807, 2.05) is 41.5 Å². The lowest BCUT2D eigenvalue weighted by Gasteiger charge is -2.40. The van der Waals surface area contributed by atoms with E-state index in [-0.39, 0.29) is 18.0 Å². The number of anilines is 1. The second-order valence-corrected chi connectivity index (χ2v) is 11.8. The molecule has 1 saturated heterocycles. The monoisotopic (exact) mass is 593 g/mol. The minimum atomic E-state index is -0.147. The molecule has 0 saturated carbocycles. The number of piperidine rings is 1. The van der Waals surface area contributed by atoms with E-state index in [0.29, 0.717) is 41.5 Å². The maximum Gasteiger partial charge on any atom is 0.324 e. The second kappa shape index (κ2) is 13.0. The number of rotatable bonds is 9. The molecule has 1 unspecified atom stereocenters. The zero-order valence-corrected chi connectivity index (χ0v) is 25.2. The number of aromatic amines is 1. The van der Waals surface area contributed by atoms with E-state index in [1.54, 1.807) is 24.3 Å². The molecule has 5 rings (SSSR count). The Hall–Kier alpha value is -3.47. The number of benzene rings is 1. The van der Waals surface area contributed by atoms with Crippen LogP contribution in [-0.4, -0.2) is 68.4 Å². The van der Waals surface area contributed by atoms with Crippen LogP contribution in [0.3, 0.4) is 0 Å². The Morgan fingerprint density at radius 1 is 1.20 bits per heavy atom. The van der Waals surface area contributed by atoms with Gasteiger partial charge in [0.05, 0.1) is 22.3 Å². The zero-order chi connectivity index (χ0) is 28.9. The first-order valence-corrected chi connectivity index (χ1v) is 15.3. The van der Waals surface area contributed by atoms with Gasteiger partial charge < -0.3 is 20.1 Å². The number of H-pyrrole nitrogens is 1. The number of imidazole rings is 1. The number of aryl methyl sites for hydroxylation is 2. The number of hydrogen-bond acceptors (Lipinski definition) is 6. The van der Waals surface area contributed by atoms with Crippen LogP contribution >= 0.6 is 22.9 Å². The number of carbonyl (C=O) groups is 2. The van der Waals surface area contributed by atoms with Gasteiger partial charge in [-0.05, 0) is 86.2 Å². The van der Waals surface area contributed by atoms with Crippen LogP contribution in [0.4, 0.5) is 10.7 Å². The predicted molar refractivity (Wildman–Crippen MR) is 165 cm³/mol. The van der Waals surface area contributed by atoms with Gasteiger partial charge in [0.1, 0.15) is 5.15 Å². The van der Waals surface area contributed by atoms with Crippen molar-refractivity contribution in [1.29, 1.82) is 0 Å². The van der Waals surface area contributed by atoms with E-state index in [0.717, 1.165) is 54.5 Å². The highest BCUT2D eigenvalue weighted by Gasteiger charge is 2.30. The summed E-state index contributed by atoms with van der Waals surface area (Å²) >= 11 is 7.65. The van der Waals surface area contributed by atoms with E-state index >= 15 is 0 Å². The lowest BCUT2D eigenvalue weighted by Crippen LogP contribution is -2.50. The minimum absolute atomic E-state index is 0.116. The highest BCUT2D eigenvalue weighted by Crippen LogP contribution is 2.24. The van der Waals surface area contributed by atoms with Crippen molar-refractivity contribution >= 4 is 51.9 Å². The molecule has 3 aromatic heterocycles. The molecule has 41 heavy (non-hydrogen) atoms. The standard InChI is InChI=1S/C30H36ClN7O2S/c1-19-16-26(31)33-21(3)27(19)28(39)32-12-8-20(2)37-13-9-23(10-14-37)38(17-22-11-15-41-18-22)30(40)36-29-34-24-6-4-5-7-25(24)35-29/h4-7,11,15-16,18,20,23H,8-10,12-14,17H2,1-3H3,(H,32,39)(H2,34,35,36,40). The topological polar surface area (TPSA) is 106 Å². The van der Waals surface area contributed by atoms with E-state index in [9.17, 15) is 9.59 Å². The predicted octanol–water partition coefficient (Wildman–Crippen LogP) is 6.00. The summed E-state index contributed by atoms with van der Waals surface area (Å²) in [6.07, 6.45) is 2.59. The van der Waals surface area contributed by atoms with Crippen LogP contribution in [-0.2, 0) is 6.54 Å². The molecule has 9 nitrogen and oxygen atoms in total. The summed E-state index contributed by atoms with van der Waals surface area (Å²) in [4.78, 5) is 42.6. The summed E-state index contributed by atoms with van der Waals surface area (Å²) in [6.45, 7) is 8.78. The van der Waals surface area contributed by atoms with Gasteiger partial charge in [-0.1, -0.05) is 23.7 Å². The van der Waals surface area contributed by atoms with Crippen molar-refractivity contribution in [1.82, 2.24) is 30.1 Å². The molecule has 0 aliphatic carbocycles. The van der Waals surface area contributed by atoms with Gasteiger partial charge in [0, 0.05) is 38.3 Å². The quantitative estimate of drug-likeness (QED) is 0.207. The van der Waals surface area contributed by atoms with Crippen LogP contribution in [0.5, 0.6) is 0 Å². The second-order valence-electron chi connectivity index (χ2n) is 10.7. The highest BCUT2D eigenvalue weighted by atomic mass is 35.5. The molecule has 1 fully saturated rings. The van der Waals surface area contributed by atoms with Gasteiger partial charge >= 0.3 is 6.03 Å². The lowest BCUT2D eigenvalue weighted by molar-refractivity contribution is 0.0918. The van der Waals surface area contributed by atoms with Gasteiger partial charge in [-0.2, -0.15) is 11.3 Å². The van der Waals surface area contributed by atoms with Crippen molar-refractivity contribution in [2.24, 2.45) is 0 Å². The Morgan fingerprint density at radius 3 is 2.68 bits per heavy atom. The zero-order valence-electron chi connectivity index (χ0n) is 23.6. The Kier molecular flexibility index (Phi) is 9.22. The number of fused-ring (bicyclic) bond motifs is 1. The molecular formula is C30H36ClN7O2S. The third-order valence-corrected chi connectivity index (χ3v) is 8.74. The van der Waals surface area contributed by atoms with Crippen LogP contribution in [0.25, 0.3) is 11.0 Å². The first kappa shape index (κ1) is 29.0. The average Bonchev–Trinajstić information content (AvgIpc) is 3.60. The molecule has 4 heterocycles. The van der Waals surface area contributed by atoms with Crippen molar-refractivity contribution < 1.29 is 9.59 Å². The largest absolute Gasteiger partial charge is 0.352 e. The number of hydrogen-bond donors (Lipinski definition) is 3. The lowest BCUT2D eigenvalue weighted by atomic mass is 10.0. The first-order valence-electron chi connectivity index (χ1n) is 14.0.